The molecule has 0 radical (unpaired) electrons. The minimum atomic E-state index is -0.542. The molecule has 1 N–H and O–H groups in total. The molecule has 0 unspecified atom stereocenters. The molecule has 1 aromatic carbocycles. The molecular formula is C13H13NO3. The third-order valence-corrected chi connectivity index (χ3v) is 2.31. The van der Waals surface area contributed by atoms with Crippen molar-refractivity contribution in [3.05, 3.63) is 36.0 Å². The van der Waals surface area contributed by atoms with Crippen molar-refractivity contribution in [2.45, 2.75) is 13.0 Å². The van der Waals surface area contributed by atoms with Crippen molar-refractivity contribution in [3.63, 3.8) is 0 Å². The number of fused-ring (bicyclic) bond motifs is 1. The first-order valence-electron chi connectivity index (χ1n) is 5.36. The quantitative estimate of drug-likeness (QED) is 0.815. The first-order valence-corrected chi connectivity index (χ1v) is 5.36. The number of hydrogen-bond donors (Lipinski definition) is 1. The molecule has 88 valence electrons. The fourth-order valence-electron chi connectivity index (χ4n) is 1.53. The number of aromatic nitrogens is 1. The van der Waals surface area contributed by atoms with Gasteiger partial charge in [0.1, 0.15) is 23.6 Å². The minimum absolute atomic E-state index is 0.201. The summed E-state index contributed by atoms with van der Waals surface area (Å²) in [5.41, 5.74) is 1.00. The molecule has 0 saturated heterocycles. The second-order valence-electron chi connectivity index (χ2n) is 3.84. The van der Waals surface area contributed by atoms with Gasteiger partial charge in [0, 0.05) is 5.39 Å². The smallest absolute Gasteiger partial charge is 0.168 e. The maximum Gasteiger partial charge on any atom is 0.168 e. The number of ether oxygens (including phenoxy) is 1. The number of aliphatic hydroxyl groups is 1. The van der Waals surface area contributed by atoms with Gasteiger partial charge in [-0.05, 0) is 19.1 Å². The number of aldehydes is 1. The van der Waals surface area contributed by atoms with Gasteiger partial charge >= 0.3 is 0 Å². The highest BCUT2D eigenvalue weighted by Gasteiger charge is 2.06. The Morgan fingerprint density at radius 2 is 2.24 bits per heavy atom. The van der Waals surface area contributed by atoms with Crippen LogP contribution in [0.4, 0.5) is 0 Å². The first kappa shape index (κ1) is 11.5. The van der Waals surface area contributed by atoms with Crippen LogP contribution in [0.25, 0.3) is 10.9 Å². The number of pyridine rings is 1. The zero-order chi connectivity index (χ0) is 12.3. The molecule has 17 heavy (non-hydrogen) atoms. The molecular weight excluding hydrogens is 218 g/mol. The van der Waals surface area contributed by atoms with Crippen LogP contribution < -0.4 is 4.74 Å². The molecule has 2 aromatic rings. The van der Waals surface area contributed by atoms with E-state index in [4.69, 9.17) is 4.74 Å². The van der Waals surface area contributed by atoms with E-state index in [1.54, 1.807) is 19.1 Å². The molecule has 0 spiro atoms. The van der Waals surface area contributed by atoms with Gasteiger partial charge in [0.25, 0.3) is 0 Å². The summed E-state index contributed by atoms with van der Waals surface area (Å²) in [6, 6.07) is 9.00. The normalized spacial score (nSPS) is 12.4. The van der Waals surface area contributed by atoms with Crippen molar-refractivity contribution < 1.29 is 14.6 Å². The largest absolute Gasteiger partial charge is 0.489 e. The van der Waals surface area contributed by atoms with Crippen LogP contribution in [0.5, 0.6) is 5.75 Å². The summed E-state index contributed by atoms with van der Waals surface area (Å²) in [6.45, 7) is 1.85. The highest BCUT2D eigenvalue weighted by atomic mass is 16.5. The van der Waals surface area contributed by atoms with Crippen LogP contribution in [-0.4, -0.2) is 29.1 Å². The standard InChI is InChI=1S/C13H13NO3/c1-9(16)8-17-12-4-2-3-10-5-6-11(7-15)14-13(10)12/h2-7,9,16H,8H2,1H3/t9-/m0/s1. The van der Waals surface area contributed by atoms with Gasteiger partial charge in [0.15, 0.2) is 6.29 Å². The first-order chi connectivity index (χ1) is 8.20. The molecule has 1 heterocycles. The van der Waals surface area contributed by atoms with Crippen molar-refractivity contribution in [2.75, 3.05) is 6.61 Å². The van der Waals surface area contributed by atoms with E-state index in [9.17, 15) is 9.90 Å². The number of rotatable bonds is 4. The van der Waals surface area contributed by atoms with Crippen molar-refractivity contribution in [1.29, 1.82) is 0 Å². The van der Waals surface area contributed by atoms with Gasteiger partial charge < -0.3 is 9.84 Å². The molecule has 0 aliphatic carbocycles. The van der Waals surface area contributed by atoms with Gasteiger partial charge in [0.2, 0.25) is 0 Å². The number of carbonyl (C=O) groups is 1. The Balaban J connectivity index is 2.43. The molecule has 1 atom stereocenters. The molecule has 0 fully saturated rings. The van der Waals surface area contributed by atoms with E-state index in [2.05, 4.69) is 4.98 Å². The van der Waals surface area contributed by atoms with E-state index < -0.39 is 6.10 Å². The van der Waals surface area contributed by atoms with Crippen LogP contribution >= 0.6 is 0 Å². The van der Waals surface area contributed by atoms with Gasteiger partial charge in [-0.2, -0.15) is 0 Å². The average Bonchev–Trinajstić information content (AvgIpc) is 2.35. The fourth-order valence-corrected chi connectivity index (χ4v) is 1.53. The van der Waals surface area contributed by atoms with Crippen molar-refractivity contribution in [2.24, 2.45) is 0 Å². The summed E-state index contributed by atoms with van der Waals surface area (Å²) in [7, 11) is 0. The highest BCUT2D eigenvalue weighted by Crippen LogP contribution is 2.23. The highest BCUT2D eigenvalue weighted by molar-refractivity contribution is 5.87. The topological polar surface area (TPSA) is 59.4 Å². The number of carbonyl (C=O) groups excluding carboxylic acids is 1. The summed E-state index contributed by atoms with van der Waals surface area (Å²) < 4.78 is 5.45. The van der Waals surface area contributed by atoms with E-state index in [1.807, 2.05) is 18.2 Å². The molecule has 2 rings (SSSR count). The van der Waals surface area contributed by atoms with Crippen LogP contribution in [0.1, 0.15) is 17.4 Å². The van der Waals surface area contributed by atoms with Gasteiger partial charge in [-0.15, -0.1) is 0 Å². The lowest BCUT2D eigenvalue weighted by molar-refractivity contribution is 0.111. The van der Waals surface area contributed by atoms with Gasteiger partial charge in [0.05, 0.1) is 6.10 Å². The summed E-state index contributed by atoms with van der Waals surface area (Å²) in [6.07, 6.45) is 0.157. The molecule has 4 heteroatoms. The summed E-state index contributed by atoms with van der Waals surface area (Å²) in [5, 5.41) is 10.1. The van der Waals surface area contributed by atoms with Crippen molar-refractivity contribution in [1.82, 2.24) is 4.98 Å². The average molecular weight is 231 g/mol. The zero-order valence-electron chi connectivity index (χ0n) is 9.46. The number of nitrogens with zero attached hydrogens (tertiary/aromatic N) is 1. The summed E-state index contributed by atoms with van der Waals surface area (Å²) in [4.78, 5) is 14.9. The van der Waals surface area contributed by atoms with Crippen molar-refractivity contribution in [3.8, 4) is 5.75 Å². The van der Waals surface area contributed by atoms with Gasteiger partial charge in [-0.3, -0.25) is 4.79 Å². The number of aliphatic hydroxyl groups excluding tert-OH is 1. The molecule has 4 nitrogen and oxygen atoms in total. The maximum atomic E-state index is 10.7. The van der Waals surface area contributed by atoms with Crippen LogP contribution in [0.2, 0.25) is 0 Å². The summed E-state index contributed by atoms with van der Waals surface area (Å²) >= 11 is 0. The zero-order valence-corrected chi connectivity index (χ0v) is 9.46. The number of hydrogen-bond acceptors (Lipinski definition) is 4. The Hall–Kier alpha value is -1.94. The monoisotopic (exact) mass is 231 g/mol. The van der Waals surface area contributed by atoms with Crippen LogP contribution in [0.3, 0.4) is 0 Å². The minimum Gasteiger partial charge on any atom is -0.489 e. The van der Waals surface area contributed by atoms with Crippen LogP contribution in [0, 0.1) is 0 Å². The molecule has 0 aliphatic rings. The lowest BCUT2D eigenvalue weighted by atomic mass is 10.2. The van der Waals surface area contributed by atoms with E-state index in [0.29, 0.717) is 23.2 Å². The van der Waals surface area contributed by atoms with Crippen LogP contribution in [-0.2, 0) is 0 Å². The number of para-hydroxylation sites is 1. The Morgan fingerprint density at radius 1 is 1.41 bits per heavy atom. The maximum absolute atomic E-state index is 10.7. The van der Waals surface area contributed by atoms with E-state index in [0.717, 1.165) is 5.39 Å². The lowest BCUT2D eigenvalue weighted by Gasteiger charge is -2.10. The Morgan fingerprint density at radius 3 is 2.94 bits per heavy atom. The van der Waals surface area contributed by atoms with Crippen LogP contribution in [0.15, 0.2) is 30.3 Å². The second kappa shape index (κ2) is 4.93. The predicted octanol–water partition coefficient (Wildman–Crippen LogP) is 1.81. The molecule has 1 aromatic heterocycles. The number of benzene rings is 1. The molecule has 0 saturated carbocycles. The van der Waals surface area contributed by atoms with E-state index in [1.165, 1.54) is 0 Å². The fraction of sp³-hybridized carbons (Fsp3) is 0.231. The van der Waals surface area contributed by atoms with Gasteiger partial charge in [-0.25, -0.2) is 4.98 Å². The van der Waals surface area contributed by atoms with Crippen molar-refractivity contribution >= 4 is 17.2 Å². The summed E-state index contributed by atoms with van der Waals surface area (Å²) in [5.74, 6) is 0.576. The molecule has 0 bridgehead atoms. The molecule has 0 amide bonds. The Labute approximate surface area is 98.9 Å². The molecule has 0 aliphatic heterocycles. The predicted molar refractivity (Wildman–Crippen MR) is 64.3 cm³/mol. The third-order valence-electron chi connectivity index (χ3n) is 2.31. The van der Waals surface area contributed by atoms with E-state index >= 15 is 0 Å². The van der Waals surface area contributed by atoms with E-state index in [-0.39, 0.29) is 6.61 Å². The van der Waals surface area contributed by atoms with Gasteiger partial charge in [-0.1, -0.05) is 18.2 Å². The SMILES string of the molecule is C[C@H](O)COc1cccc2ccc(C=O)nc12. The second-order valence-corrected chi connectivity index (χ2v) is 3.84. The Kier molecular flexibility index (Phi) is 3.35. The Bertz CT molecular complexity index is 537. The lowest BCUT2D eigenvalue weighted by Crippen LogP contribution is -2.13. The third kappa shape index (κ3) is 2.60.